The van der Waals surface area contributed by atoms with E-state index in [1.165, 1.54) is 20.3 Å². The first kappa shape index (κ1) is 18.7. The second kappa shape index (κ2) is 7.93. The molecular weight excluding hydrogens is 365 g/mol. The van der Waals surface area contributed by atoms with Crippen molar-refractivity contribution in [3.8, 4) is 17.6 Å². The standard InChI is InChI=1S/C18H13Cl2NO4/c1-24-11-5-3-4-10(8-11)6-7-14(22)12-9-13(19)15(18(23)25-2)16(20)17(12)21/h3-5,8-9H,21H2,1-2H3. The highest BCUT2D eigenvalue weighted by molar-refractivity contribution is 6.42. The molecule has 2 aromatic carbocycles. The fraction of sp³-hybridized carbons (Fsp3) is 0.111. The molecule has 0 atom stereocenters. The van der Waals surface area contributed by atoms with Crippen molar-refractivity contribution in [2.45, 2.75) is 0 Å². The maximum Gasteiger partial charge on any atom is 0.340 e. The summed E-state index contributed by atoms with van der Waals surface area (Å²) in [5.74, 6) is 4.47. The van der Waals surface area contributed by atoms with Crippen LogP contribution in [0, 0.1) is 11.8 Å². The smallest absolute Gasteiger partial charge is 0.340 e. The molecule has 0 aliphatic rings. The zero-order valence-corrected chi connectivity index (χ0v) is 14.9. The molecule has 2 aromatic rings. The second-order valence-electron chi connectivity index (χ2n) is 4.81. The maximum absolute atomic E-state index is 12.3. The Kier molecular flexibility index (Phi) is 5.92. The zero-order valence-electron chi connectivity index (χ0n) is 13.4. The van der Waals surface area contributed by atoms with Crippen molar-refractivity contribution in [2.24, 2.45) is 0 Å². The Morgan fingerprint density at radius 3 is 2.52 bits per heavy atom. The number of carbonyl (C=O) groups excluding carboxylic acids is 2. The van der Waals surface area contributed by atoms with Gasteiger partial charge in [-0.25, -0.2) is 4.79 Å². The van der Waals surface area contributed by atoms with Gasteiger partial charge in [0.2, 0.25) is 5.78 Å². The summed E-state index contributed by atoms with van der Waals surface area (Å²) in [5.41, 5.74) is 6.27. The number of carbonyl (C=O) groups is 2. The van der Waals surface area contributed by atoms with E-state index in [1.807, 2.05) is 0 Å². The highest BCUT2D eigenvalue weighted by Crippen LogP contribution is 2.34. The van der Waals surface area contributed by atoms with Gasteiger partial charge in [0.25, 0.3) is 0 Å². The summed E-state index contributed by atoms with van der Waals surface area (Å²) in [6, 6.07) is 8.17. The molecule has 0 heterocycles. The summed E-state index contributed by atoms with van der Waals surface area (Å²) >= 11 is 12.1. The van der Waals surface area contributed by atoms with Crippen LogP contribution < -0.4 is 10.5 Å². The van der Waals surface area contributed by atoms with Crippen LogP contribution in [-0.2, 0) is 4.74 Å². The van der Waals surface area contributed by atoms with Crippen molar-refractivity contribution in [3.63, 3.8) is 0 Å². The van der Waals surface area contributed by atoms with Crippen LogP contribution >= 0.6 is 23.2 Å². The number of methoxy groups -OCH3 is 2. The molecule has 25 heavy (non-hydrogen) atoms. The van der Waals surface area contributed by atoms with Crippen LogP contribution in [0.1, 0.15) is 26.3 Å². The molecule has 0 bridgehead atoms. The fourth-order valence-electron chi connectivity index (χ4n) is 2.01. The third kappa shape index (κ3) is 4.05. The van der Waals surface area contributed by atoms with E-state index < -0.39 is 11.8 Å². The van der Waals surface area contributed by atoms with Crippen LogP contribution in [0.15, 0.2) is 30.3 Å². The number of nitrogen functional groups attached to an aromatic ring is 1. The molecule has 2 rings (SSSR count). The molecule has 128 valence electrons. The number of benzene rings is 2. The van der Waals surface area contributed by atoms with Crippen LogP contribution in [0.5, 0.6) is 5.75 Å². The molecule has 0 aliphatic heterocycles. The summed E-state index contributed by atoms with van der Waals surface area (Å²) in [7, 11) is 2.72. The molecule has 2 N–H and O–H groups in total. The van der Waals surface area contributed by atoms with Crippen LogP contribution in [0.4, 0.5) is 5.69 Å². The number of ketones is 1. The van der Waals surface area contributed by atoms with Crippen molar-refractivity contribution in [3.05, 3.63) is 57.1 Å². The van der Waals surface area contributed by atoms with Gasteiger partial charge in [-0.1, -0.05) is 35.2 Å². The van der Waals surface area contributed by atoms with E-state index >= 15 is 0 Å². The van der Waals surface area contributed by atoms with Gasteiger partial charge in [-0.2, -0.15) is 0 Å². The third-order valence-electron chi connectivity index (χ3n) is 3.28. The van der Waals surface area contributed by atoms with Gasteiger partial charge < -0.3 is 15.2 Å². The number of Topliss-reactive ketones (excluding diaryl/α,β-unsaturated/α-hetero) is 1. The highest BCUT2D eigenvalue weighted by atomic mass is 35.5. The quantitative estimate of drug-likeness (QED) is 0.382. The number of esters is 1. The summed E-state index contributed by atoms with van der Waals surface area (Å²) in [5, 5.41) is -0.191. The minimum Gasteiger partial charge on any atom is -0.497 e. The Hall–Kier alpha value is -2.68. The van der Waals surface area contributed by atoms with Crippen molar-refractivity contribution in [1.29, 1.82) is 0 Å². The van der Waals surface area contributed by atoms with Gasteiger partial charge in [0.05, 0.1) is 41.1 Å². The lowest BCUT2D eigenvalue weighted by Crippen LogP contribution is -2.09. The van der Waals surface area contributed by atoms with E-state index in [1.54, 1.807) is 24.3 Å². The lowest BCUT2D eigenvalue weighted by Gasteiger charge is -2.10. The number of hydrogen-bond donors (Lipinski definition) is 1. The first-order chi connectivity index (χ1) is 11.9. The van der Waals surface area contributed by atoms with Gasteiger partial charge >= 0.3 is 5.97 Å². The number of nitrogens with two attached hydrogens (primary N) is 1. The van der Waals surface area contributed by atoms with Gasteiger partial charge in [-0.3, -0.25) is 4.79 Å². The lowest BCUT2D eigenvalue weighted by molar-refractivity contribution is 0.0601. The highest BCUT2D eigenvalue weighted by Gasteiger charge is 2.22. The van der Waals surface area contributed by atoms with Crippen LogP contribution in [-0.4, -0.2) is 26.0 Å². The molecule has 0 fully saturated rings. The molecule has 0 aromatic heterocycles. The third-order valence-corrected chi connectivity index (χ3v) is 3.97. The van der Waals surface area contributed by atoms with E-state index in [2.05, 4.69) is 16.6 Å². The first-order valence-electron chi connectivity index (χ1n) is 6.95. The number of anilines is 1. The number of halogens is 2. The molecule has 0 aliphatic carbocycles. The van der Waals surface area contributed by atoms with Gasteiger partial charge in [0.15, 0.2) is 0 Å². The minimum absolute atomic E-state index is 0.0121. The van der Waals surface area contributed by atoms with Crippen molar-refractivity contribution in [2.75, 3.05) is 20.0 Å². The van der Waals surface area contributed by atoms with Gasteiger partial charge in [-0.15, -0.1) is 0 Å². The minimum atomic E-state index is -0.747. The molecule has 0 radical (unpaired) electrons. The molecule has 7 heteroatoms. The van der Waals surface area contributed by atoms with E-state index in [0.29, 0.717) is 11.3 Å². The van der Waals surface area contributed by atoms with E-state index in [-0.39, 0.29) is 26.9 Å². The fourth-order valence-corrected chi connectivity index (χ4v) is 2.62. The summed E-state index contributed by atoms with van der Waals surface area (Å²) < 4.78 is 9.68. The topological polar surface area (TPSA) is 78.6 Å². The molecule has 0 amide bonds. The molecular formula is C18H13Cl2NO4. The monoisotopic (exact) mass is 377 g/mol. The van der Waals surface area contributed by atoms with Gasteiger partial charge in [-0.05, 0) is 30.2 Å². The molecule has 0 saturated heterocycles. The Labute approximate surface area is 154 Å². The number of ether oxygens (including phenoxy) is 2. The molecule has 5 nitrogen and oxygen atoms in total. The first-order valence-corrected chi connectivity index (χ1v) is 7.70. The Morgan fingerprint density at radius 2 is 1.88 bits per heavy atom. The maximum atomic E-state index is 12.3. The largest absolute Gasteiger partial charge is 0.497 e. The van der Waals surface area contributed by atoms with Crippen LogP contribution in [0.25, 0.3) is 0 Å². The van der Waals surface area contributed by atoms with E-state index in [0.717, 1.165) is 0 Å². The average Bonchev–Trinajstić information content (AvgIpc) is 2.62. The Bertz CT molecular complexity index is 913. The van der Waals surface area contributed by atoms with E-state index in [4.69, 9.17) is 33.7 Å². The van der Waals surface area contributed by atoms with E-state index in [9.17, 15) is 9.59 Å². The van der Waals surface area contributed by atoms with Crippen molar-refractivity contribution in [1.82, 2.24) is 0 Å². The van der Waals surface area contributed by atoms with Crippen LogP contribution in [0.3, 0.4) is 0 Å². The molecule has 0 spiro atoms. The van der Waals surface area contributed by atoms with Gasteiger partial charge in [0, 0.05) is 5.56 Å². The number of rotatable bonds is 3. The van der Waals surface area contributed by atoms with Crippen molar-refractivity contribution < 1.29 is 19.1 Å². The molecule has 0 saturated carbocycles. The predicted molar refractivity (Wildman–Crippen MR) is 96.4 cm³/mol. The normalized spacial score (nSPS) is 9.76. The summed E-state index contributed by atoms with van der Waals surface area (Å²) in [4.78, 5) is 24.0. The summed E-state index contributed by atoms with van der Waals surface area (Å²) in [6.45, 7) is 0. The van der Waals surface area contributed by atoms with Crippen molar-refractivity contribution >= 4 is 40.6 Å². The second-order valence-corrected chi connectivity index (χ2v) is 5.60. The zero-order chi connectivity index (χ0) is 18.6. The SMILES string of the molecule is COC(=O)c1c(Cl)cc(C(=O)C#Cc2cccc(OC)c2)c(N)c1Cl. The summed E-state index contributed by atoms with van der Waals surface area (Å²) in [6.07, 6.45) is 0. The predicted octanol–water partition coefficient (Wildman–Crippen LogP) is 3.61. The van der Waals surface area contributed by atoms with Crippen LogP contribution in [0.2, 0.25) is 10.0 Å². The number of hydrogen-bond acceptors (Lipinski definition) is 5. The Morgan fingerprint density at radius 1 is 1.16 bits per heavy atom. The average molecular weight is 378 g/mol. The molecule has 0 unspecified atom stereocenters. The lowest BCUT2D eigenvalue weighted by atomic mass is 10.0. The van der Waals surface area contributed by atoms with Gasteiger partial charge in [0.1, 0.15) is 5.75 Å². The Balaban J connectivity index is 2.41.